The summed E-state index contributed by atoms with van der Waals surface area (Å²) in [5, 5.41) is -0.139. The standard InChI is InChI=1S/C15H25N2O8PSi.2C6H15N/c1-15(2,3)27(4,5)25-11-8-10(9-23-26(20,21)22)24-13(11)17-7-6-12(18)16-14(17)19;2*1-4-7(5-2)6-3/h6-8,11,13H,9H2,1-5H3,(H,16,18,19)(H2,20,21,22);2*4-6H2,1-3H3/t11-,13-;;/m1../s1. The summed E-state index contributed by atoms with van der Waals surface area (Å²) in [6, 6.07) is 1.16. The first kappa shape index (κ1) is 39.4. The molecule has 240 valence electrons. The van der Waals surface area contributed by atoms with Crippen LogP contribution >= 0.6 is 7.82 Å². The van der Waals surface area contributed by atoms with E-state index >= 15 is 0 Å². The Bertz CT molecular complexity index is 1050. The Balaban J connectivity index is 0.000000941. The second-order valence-corrected chi connectivity index (χ2v) is 17.3. The molecule has 14 heteroatoms. The minimum atomic E-state index is -5.18. The number of aromatic nitrogens is 2. The number of hydrogen-bond donors (Lipinski definition) is 3. The van der Waals surface area contributed by atoms with E-state index in [9.17, 15) is 23.9 Å². The van der Waals surface area contributed by atoms with Crippen molar-refractivity contribution in [3.63, 3.8) is 0 Å². The number of phosphoric acid groups is 1. The van der Waals surface area contributed by atoms with Gasteiger partial charge in [-0.2, -0.15) is 0 Å². The summed E-state index contributed by atoms with van der Waals surface area (Å²) >= 11 is 0. The van der Waals surface area contributed by atoms with Crippen LogP contribution in [0.4, 0.5) is 0 Å². The molecule has 0 bridgehead atoms. The number of hydrogen-bond acceptors (Lipinski definition) is 8. The van der Waals surface area contributed by atoms with E-state index in [-0.39, 0.29) is 10.8 Å². The number of phosphoric ester groups is 1. The van der Waals surface area contributed by atoms with Crippen LogP contribution < -0.4 is 30.8 Å². The molecule has 2 rings (SSSR count). The van der Waals surface area contributed by atoms with Crippen LogP contribution in [0.25, 0.3) is 0 Å². The number of nitrogens with one attached hydrogen (secondary N) is 3. The summed E-state index contributed by atoms with van der Waals surface area (Å²) in [6.07, 6.45) is 1.04. The van der Waals surface area contributed by atoms with Crippen LogP contribution in [-0.2, 0) is 18.3 Å². The van der Waals surface area contributed by atoms with Gasteiger partial charge in [0.05, 0.1) is 47.1 Å². The van der Waals surface area contributed by atoms with Gasteiger partial charge in [-0.3, -0.25) is 14.3 Å². The third kappa shape index (κ3) is 14.4. The molecule has 1 aliphatic rings. The van der Waals surface area contributed by atoms with Gasteiger partial charge in [-0.15, -0.1) is 0 Å². The lowest BCUT2D eigenvalue weighted by atomic mass is 10.2. The zero-order valence-corrected chi connectivity index (χ0v) is 28.9. The number of ether oxygens (including phenoxy) is 1. The average molecular weight is 623 g/mol. The summed E-state index contributed by atoms with van der Waals surface area (Å²) in [6.45, 7) is 30.5. The third-order valence-corrected chi connectivity index (χ3v) is 12.5. The molecule has 0 spiro atoms. The molecule has 0 aliphatic carbocycles. The topological polar surface area (TPSA) is 155 Å². The lowest BCUT2D eigenvalue weighted by Gasteiger charge is -2.39. The lowest BCUT2D eigenvalue weighted by molar-refractivity contribution is -0.894. The monoisotopic (exact) mass is 622 g/mol. The first-order valence-electron chi connectivity index (χ1n) is 14.6. The largest absolute Gasteiger partial charge is 0.790 e. The predicted molar refractivity (Wildman–Crippen MR) is 160 cm³/mol. The van der Waals surface area contributed by atoms with Gasteiger partial charge in [0.15, 0.2) is 8.32 Å². The van der Waals surface area contributed by atoms with Gasteiger partial charge in [0.2, 0.25) is 6.23 Å². The van der Waals surface area contributed by atoms with E-state index in [0.29, 0.717) is 0 Å². The smallest absolute Gasteiger partial charge is 0.331 e. The van der Waals surface area contributed by atoms with Gasteiger partial charge in [0, 0.05) is 12.3 Å². The zero-order valence-electron chi connectivity index (χ0n) is 27.0. The molecule has 3 N–H and O–H groups in total. The molecule has 0 fully saturated rings. The van der Waals surface area contributed by atoms with Crippen molar-refractivity contribution in [2.75, 3.05) is 45.9 Å². The van der Waals surface area contributed by atoms with Crippen LogP contribution in [0, 0.1) is 0 Å². The number of H-pyrrole nitrogens is 1. The summed E-state index contributed by atoms with van der Waals surface area (Å²) in [5.74, 6) is 0.0498. The Hall–Kier alpha value is -1.57. The summed E-state index contributed by atoms with van der Waals surface area (Å²) in [4.78, 5) is 50.4. The van der Waals surface area contributed by atoms with Gasteiger partial charge in [0.1, 0.15) is 18.5 Å². The molecular formula is C27H55N4O8PSi. The molecule has 1 aliphatic heterocycles. The maximum atomic E-state index is 12.1. The molecule has 1 aromatic rings. The highest BCUT2D eigenvalue weighted by atomic mass is 31.2. The fourth-order valence-electron chi connectivity index (χ4n) is 3.70. The maximum Gasteiger partial charge on any atom is 0.331 e. The lowest BCUT2D eigenvalue weighted by Crippen LogP contribution is -3.11. The van der Waals surface area contributed by atoms with Crippen molar-refractivity contribution < 1.29 is 37.8 Å². The van der Waals surface area contributed by atoms with Crippen molar-refractivity contribution in [2.24, 2.45) is 0 Å². The van der Waals surface area contributed by atoms with Crippen molar-refractivity contribution in [3.8, 4) is 0 Å². The average Bonchev–Trinajstić information content (AvgIpc) is 3.26. The van der Waals surface area contributed by atoms with Crippen molar-refractivity contribution >= 4 is 16.1 Å². The molecule has 0 saturated heterocycles. The normalized spacial score (nSPS) is 17.4. The summed E-state index contributed by atoms with van der Waals surface area (Å²) < 4.78 is 28.0. The maximum absolute atomic E-state index is 12.1. The van der Waals surface area contributed by atoms with E-state index in [2.05, 4.69) is 51.1 Å². The highest BCUT2D eigenvalue weighted by Gasteiger charge is 2.43. The Labute approximate surface area is 247 Å². The minimum Gasteiger partial charge on any atom is -0.790 e. The molecule has 0 unspecified atom stereocenters. The van der Waals surface area contributed by atoms with Gasteiger partial charge in [0.25, 0.3) is 5.56 Å². The van der Waals surface area contributed by atoms with Crippen LogP contribution in [-0.4, -0.2) is 69.8 Å². The molecule has 0 saturated carbocycles. The van der Waals surface area contributed by atoms with Gasteiger partial charge in [-0.1, -0.05) is 20.8 Å². The molecule has 1 aromatic heterocycles. The van der Waals surface area contributed by atoms with Crippen molar-refractivity contribution in [3.05, 3.63) is 44.9 Å². The quantitative estimate of drug-likeness (QED) is 0.218. The molecule has 2 heterocycles. The molecule has 2 atom stereocenters. The van der Waals surface area contributed by atoms with E-state index in [1.807, 2.05) is 33.9 Å². The third-order valence-electron chi connectivity index (χ3n) is 7.63. The number of nitrogens with zero attached hydrogens (tertiary/aromatic N) is 1. The molecule has 0 radical (unpaired) electrons. The van der Waals surface area contributed by atoms with Crippen molar-refractivity contribution in [1.29, 1.82) is 0 Å². The van der Waals surface area contributed by atoms with Crippen LogP contribution in [0.2, 0.25) is 18.1 Å². The number of rotatable bonds is 12. The highest BCUT2D eigenvalue weighted by molar-refractivity contribution is 7.43. The molecular weight excluding hydrogens is 567 g/mol. The Morgan fingerprint density at radius 2 is 1.44 bits per heavy atom. The van der Waals surface area contributed by atoms with E-state index in [1.165, 1.54) is 51.5 Å². The Morgan fingerprint density at radius 3 is 1.78 bits per heavy atom. The summed E-state index contributed by atoms with van der Waals surface area (Å²) in [5.41, 5.74) is -1.27. The minimum absolute atomic E-state index is 0.0498. The SMILES string of the molecule is CC(C)(C)[Si](C)(C)O[C@@H]1C=C(COP(=O)([O-])[O-])O[C@H]1n1ccc(=O)[nH]c1=O.CC[NH+](CC)CC.CC[NH+](CC)CC. The van der Waals surface area contributed by atoms with E-state index in [1.54, 1.807) is 9.80 Å². The first-order valence-corrected chi connectivity index (χ1v) is 19.0. The fourth-order valence-corrected chi connectivity index (χ4v) is 5.21. The Morgan fingerprint density at radius 1 is 0.976 bits per heavy atom. The fraction of sp³-hybridized carbons (Fsp3) is 0.778. The predicted octanol–water partition coefficient (Wildman–Crippen LogP) is 0.0470. The van der Waals surface area contributed by atoms with Crippen LogP contribution in [0.1, 0.15) is 68.5 Å². The zero-order chi connectivity index (χ0) is 32.0. The second-order valence-electron chi connectivity index (χ2n) is 11.3. The number of aromatic amines is 1. The van der Waals surface area contributed by atoms with E-state index in [4.69, 9.17) is 9.16 Å². The second kappa shape index (κ2) is 18.2. The van der Waals surface area contributed by atoms with Gasteiger partial charge < -0.3 is 37.8 Å². The number of quaternary nitrogens is 2. The molecule has 12 nitrogen and oxygen atoms in total. The summed E-state index contributed by atoms with van der Waals surface area (Å²) in [7, 11) is -7.48. The van der Waals surface area contributed by atoms with Crippen LogP contribution in [0.5, 0.6) is 0 Å². The van der Waals surface area contributed by atoms with Crippen LogP contribution in [0.15, 0.2) is 33.7 Å². The van der Waals surface area contributed by atoms with E-state index < -0.39 is 46.3 Å². The Kier molecular flexibility index (Phi) is 17.5. The van der Waals surface area contributed by atoms with Crippen molar-refractivity contribution in [2.45, 2.75) is 92.8 Å². The molecule has 41 heavy (non-hydrogen) atoms. The molecule has 0 aromatic carbocycles. The van der Waals surface area contributed by atoms with Crippen LogP contribution in [0.3, 0.4) is 0 Å². The van der Waals surface area contributed by atoms with Crippen molar-refractivity contribution in [1.82, 2.24) is 9.55 Å². The van der Waals surface area contributed by atoms with E-state index in [0.717, 1.165) is 10.6 Å². The highest BCUT2D eigenvalue weighted by Crippen LogP contribution is 2.41. The van der Waals surface area contributed by atoms with Gasteiger partial charge in [-0.05, 0) is 65.8 Å². The first-order chi connectivity index (χ1) is 18.9. The van der Waals surface area contributed by atoms with Gasteiger partial charge >= 0.3 is 5.69 Å². The molecule has 0 amide bonds. The van der Waals surface area contributed by atoms with Gasteiger partial charge in [-0.25, -0.2) is 4.79 Å².